The van der Waals surface area contributed by atoms with E-state index < -0.39 is 5.69 Å². The summed E-state index contributed by atoms with van der Waals surface area (Å²) in [4.78, 5) is 41.8. The molecule has 0 spiro atoms. The SMILES string of the molecule is CCn1nc(C)c2c1c(=O)n(Cc1ccccc1)c(=O)n2CC(=O)N1CCCCC1C. The monoisotopic (exact) mass is 423 g/mol. The van der Waals surface area contributed by atoms with Gasteiger partial charge in [-0.25, -0.2) is 4.79 Å². The first kappa shape index (κ1) is 21.1. The lowest BCUT2D eigenvalue weighted by Crippen LogP contribution is -2.47. The van der Waals surface area contributed by atoms with Gasteiger partial charge in [-0.05, 0) is 45.6 Å². The fourth-order valence-electron chi connectivity index (χ4n) is 4.54. The van der Waals surface area contributed by atoms with Crippen molar-refractivity contribution >= 4 is 16.9 Å². The zero-order valence-corrected chi connectivity index (χ0v) is 18.4. The molecule has 4 rings (SSSR count). The molecule has 1 aliphatic rings. The number of carbonyl (C=O) groups is 1. The lowest BCUT2D eigenvalue weighted by atomic mass is 10.0. The maximum atomic E-state index is 13.5. The van der Waals surface area contributed by atoms with Crippen LogP contribution in [0.25, 0.3) is 11.0 Å². The van der Waals surface area contributed by atoms with Gasteiger partial charge >= 0.3 is 5.69 Å². The maximum absolute atomic E-state index is 13.5. The van der Waals surface area contributed by atoms with E-state index in [4.69, 9.17) is 0 Å². The van der Waals surface area contributed by atoms with Crippen molar-refractivity contribution in [2.75, 3.05) is 6.54 Å². The van der Waals surface area contributed by atoms with Gasteiger partial charge in [0.05, 0.1) is 12.2 Å². The van der Waals surface area contributed by atoms with Crippen LogP contribution in [-0.2, 0) is 24.4 Å². The summed E-state index contributed by atoms with van der Waals surface area (Å²) in [6.45, 7) is 6.99. The number of amides is 1. The molecular weight excluding hydrogens is 394 g/mol. The Morgan fingerprint density at radius 2 is 1.84 bits per heavy atom. The quantitative estimate of drug-likeness (QED) is 0.630. The summed E-state index contributed by atoms with van der Waals surface area (Å²) in [6, 6.07) is 9.55. The Morgan fingerprint density at radius 1 is 1.10 bits per heavy atom. The number of carbonyl (C=O) groups excluding carboxylic acids is 1. The summed E-state index contributed by atoms with van der Waals surface area (Å²) in [5.41, 5.74) is 1.41. The van der Waals surface area contributed by atoms with E-state index in [0.717, 1.165) is 24.8 Å². The van der Waals surface area contributed by atoms with Gasteiger partial charge in [0, 0.05) is 19.1 Å². The Labute approximate surface area is 180 Å². The van der Waals surface area contributed by atoms with Crippen molar-refractivity contribution in [1.29, 1.82) is 0 Å². The fourth-order valence-corrected chi connectivity index (χ4v) is 4.54. The van der Waals surface area contributed by atoms with E-state index in [9.17, 15) is 14.4 Å². The van der Waals surface area contributed by atoms with Crippen LogP contribution in [0.3, 0.4) is 0 Å². The van der Waals surface area contributed by atoms with E-state index in [1.165, 1.54) is 9.13 Å². The van der Waals surface area contributed by atoms with Crippen LogP contribution in [0, 0.1) is 6.92 Å². The van der Waals surface area contributed by atoms with Crippen LogP contribution in [0.4, 0.5) is 0 Å². The average molecular weight is 424 g/mol. The third-order valence-corrected chi connectivity index (χ3v) is 6.18. The number of nitrogens with zero attached hydrogens (tertiary/aromatic N) is 5. The first-order chi connectivity index (χ1) is 14.9. The Kier molecular flexibility index (Phi) is 5.80. The molecular formula is C23H29N5O3. The molecule has 31 heavy (non-hydrogen) atoms. The van der Waals surface area contributed by atoms with Gasteiger partial charge in [0.15, 0.2) is 5.52 Å². The molecule has 3 aromatic rings. The summed E-state index contributed by atoms with van der Waals surface area (Å²) in [7, 11) is 0. The minimum atomic E-state index is -0.474. The number of aryl methyl sites for hydroxylation is 2. The highest BCUT2D eigenvalue weighted by Gasteiger charge is 2.26. The standard InChI is InChI=1S/C23H29N5O3/c1-4-28-21-20(17(3)24-28)26(15-19(29)25-13-9-8-10-16(25)2)23(31)27(22(21)30)14-18-11-6-5-7-12-18/h5-7,11-12,16H,4,8-10,13-15H2,1-3H3. The van der Waals surface area contributed by atoms with E-state index in [1.807, 2.05) is 49.1 Å². The molecule has 1 unspecified atom stereocenters. The van der Waals surface area contributed by atoms with Crippen LogP contribution < -0.4 is 11.2 Å². The predicted molar refractivity (Wildman–Crippen MR) is 119 cm³/mol. The van der Waals surface area contributed by atoms with E-state index >= 15 is 0 Å². The second-order valence-corrected chi connectivity index (χ2v) is 8.28. The zero-order valence-electron chi connectivity index (χ0n) is 18.4. The van der Waals surface area contributed by atoms with Gasteiger partial charge < -0.3 is 4.90 Å². The smallest absolute Gasteiger partial charge is 0.332 e. The molecule has 0 aliphatic carbocycles. The van der Waals surface area contributed by atoms with Crippen molar-refractivity contribution in [3.05, 3.63) is 62.4 Å². The second-order valence-electron chi connectivity index (χ2n) is 8.28. The van der Waals surface area contributed by atoms with Crippen molar-refractivity contribution < 1.29 is 4.79 Å². The second kappa shape index (κ2) is 8.53. The van der Waals surface area contributed by atoms with Gasteiger partial charge in [-0.1, -0.05) is 30.3 Å². The molecule has 3 heterocycles. The molecule has 164 valence electrons. The molecule has 0 saturated carbocycles. The van der Waals surface area contributed by atoms with Crippen LogP contribution >= 0.6 is 0 Å². The van der Waals surface area contributed by atoms with Crippen LogP contribution in [0.1, 0.15) is 44.4 Å². The summed E-state index contributed by atoms with van der Waals surface area (Å²) >= 11 is 0. The van der Waals surface area contributed by atoms with E-state index in [0.29, 0.717) is 29.8 Å². The van der Waals surface area contributed by atoms with Gasteiger partial charge in [-0.3, -0.25) is 23.4 Å². The molecule has 8 nitrogen and oxygen atoms in total. The number of likely N-dealkylation sites (tertiary alicyclic amines) is 1. The van der Waals surface area contributed by atoms with Crippen LogP contribution in [-0.4, -0.2) is 42.3 Å². The number of aromatic nitrogens is 4. The number of piperidine rings is 1. The third-order valence-electron chi connectivity index (χ3n) is 6.18. The minimum Gasteiger partial charge on any atom is -0.338 e. The normalized spacial score (nSPS) is 16.7. The molecule has 1 saturated heterocycles. The zero-order chi connectivity index (χ0) is 22.1. The Bertz CT molecular complexity index is 1220. The fraction of sp³-hybridized carbons (Fsp3) is 0.478. The molecule has 2 aromatic heterocycles. The van der Waals surface area contributed by atoms with Crippen LogP contribution in [0.2, 0.25) is 0 Å². The molecule has 1 aromatic carbocycles. The number of rotatable bonds is 5. The highest BCUT2D eigenvalue weighted by molar-refractivity contribution is 5.81. The number of fused-ring (bicyclic) bond motifs is 1. The average Bonchev–Trinajstić information content (AvgIpc) is 3.11. The first-order valence-corrected chi connectivity index (χ1v) is 11.0. The lowest BCUT2D eigenvalue weighted by molar-refractivity contribution is -0.135. The largest absolute Gasteiger partial charge is 0.338 e. The number of hydrogen-bond donors (Lipinski definition) is 0. The Morgan fingerprint density at radius 3 is 2.52 bits per heavy atom. The van der Waals surface area contributed by atoms with E-state index in [1.54, 1.807) is 11.6 Å². The number of hydrogen-bond acceptors (Lipinski definition) is 4. The molecule has 0 bridgehead atoms. The maximum Gasteiger partial charge on any atom is 0.332 e. The Balaban J connectivity index is 1.87. The highest BCUT2D eigenvalue weighted by atomic mass is 16.2. The molecule has 1 aliphatic heterocycles. The molecule has 1 atom stereocenters. The van der Waals surface area contributed by atoms with Gasteiger partial charge in [0.25, 0.3) is 5.56 Å². The summed E-state index contributed by atoms with van der Waals surface area (Å²) < 4.78 is 4.29. The van der Waals surface area contributed by atoms with Gasteiger partial charge in [0.1, 0.15) is 12.1 Å². The van der Waals surface area contributed by atoms with Crippen LogP contribution in [0.15, 0.2) is 39.9 Å². The van der Waals surface area contributed by atoms with E-state index in [2.05, 4.69) is 5.10 Å². The summed E-state index contributed by atoms with van der Waals surface area (Å²) in [6.07, 6.45) is 3.05. The molecule has 8 heteroatoms. The Hall–Kier alpha value is -3.16. The number of benzene rings is 1. The predicted octanol–water partition coefficient (Wildman–Crippen LogP) is 2.14. The molecule has 0 radical (unpaired) electrons. The molecule has 1 amide bonds. The van der Waals surface area contributed by atoms with Crippen molar-refractivity contribution in [3.63, 3.8) is 0 Å². The molecule has 1 fully saturated rings. The summed E-state index contributed by atoms with van der Waals surface area (Å²) in [5.74, 6) is -0.0934. The first-order valence-electron chi connectivity index (χ1n) is 11.0. The molecule has 0 N–H and O–H groups in total. The van der Waals surface area contributed by atoms with Crippen molar-refractivity contribution in [2.24, 2.45) is 0 Å². The lowest BCUT2D eigenvalue weighted by Gasteiger charge is -2.33. The van der Waals surface area contributed by atoms with Gasteiger partial charge in [-0.2, -0.15) is 5.10 Å². The van der Waals surface area contributed by atoms with Crippen molar-refractivity contribution in [2.45, 2.75) is 65.7 Å². The van der Waals surface area contributed by atoms with Gasteiger partial charge in [-0.15, -0.1) is 0 Å². The van der Waals surface area contributed by atoms with Crippen molar-refractivity contribution in [1.82, 2.24) is 23.8 Å². The van der Waals surface area contributed by atoms with Gasteiger partial charge in [0.2, 0.25) is 5.91 Å². The minimum absolute atomic E-state index is 0.0923. The van der Waals surface area contributed by atoms with E-state index in [-0.39, 0.29) is 30.6 Å². The topological polar surface area (TPSA) is 82.1 Å². The highest BCUT2D eigenvalue weighted by Crippen LogP contribution is 2.18. The van der Waals surface area contributed by atoms with Crippen molar-refractivity contribution in [3.8, 4) is 0 Å². The van der Waals surface area contributed by atoms with Crippen LogP contribution in [0.5, 0.6) is 0 Å². The third kappa shape index (κ3) is 3.82. The summed E-state index contributed by atoms with van der Waals surface area (Å²) in [5, 5.41) is 4.47.